The van der Waals surface area contributed by atoms with Crippen LogP contribution in [0.3, 0.4) is 0 Å². The Bertz CT molecular complexity index is 178. The summed E-state index contributed by atoms with van der Waals surface area (Å²) >= 11 is 0. The molecule has 2 heteroatoms. The van der Waals surface area contributed by atoms with Crippen molar-refractivity contribution in [3.63, 3.8) is 0 Å². The first-order valence-electron chi connectivity index (χ1n) is 8.20. The number of nitrogens with two attached hydrogens (primary N) is 1. The third-order valence-corrected chi connectivity index (χ3v) is 4.05. The molecule has 0 aromatic carbocycles. The van der Waals surface area contributed by atoms with Crippen LogP contribution in [0, 0.1) is 0 Å². The summed E-state index contributed by atoms with van der Waals surface area (Å²) in [5.74, 6) is 0. The average Bonchev–Trinajstić information content (AvgIpc) is 2.87. The fourth-order valence-corrected chi connectivity index (χ4v) is 2.81. The minimum Gasteiger partial charge on any atom is -0.378 e. The van der Waals surface area contributed by atoms with Gasteiger partial charge >= 0.3 is 0 Å². The van der Waals surface area contributed by atoms with Gasteiger partial charge in [0.1, 0.15) is 0 Å². The third kappa shape index (κ3) is 8.10. The first kappa shape index (κ1) is 16.0. The third-order valence-electron chi connectivity index (χ3n) is 4.05. The number of hydrogen-bond acceptors (Lipinski definition) is 2. The zero-order valence-electron chi connectivity index (χ0n) is 12.3. The number of ether oxygens (including phenoxy) is 1. The molecule has 18 heavy (non-hydrogen) atoms. The largest absolute Gasteiger partial charge is 0.378 e. The van der Waals surface area contributed by atoms with E-state index >= 15 is 0 Å². The highest BCUT2D eigenvalue weighted by molar-refractivity contribution is 4.67. The summed E-state index contributed by atoms with van der Waals surface area (Å²) in [4.78, 5) is 0. The van der Waals surface area contributed by atoms with Gasteiger partial charge in [0.25, 0.3) is 0 Å². The van der Waals surface area contributed by atoms with Gasteiger partial charge in [-0.05, 0) is 38.5 Å². The molecule has 0 aliphatic carbocycles. The Balaban J connectivity index is 1.82. The van der Waals surface area contributed by atoms with Crippen LogP contribution in [0.5, 0.6) is 0 Å². The quantitative estimate of drug-likeness (QED) is 0.555. The van der Waals surface area contributed by atoms with Gasteiger partial charge < -0.3 is 10.5 Å². The highest BCUT2D eigenvalue weighted by atomic mass is 16.5. The summed E-state index contributed by atoms with van der Waals surface area (Å²) < 4.78 is 5.63. The zero-order chi connectivity index (χ0) is 13.1. The van der Waals surface area contributed by atoms with E-state index in [1.165, 1.54) is 77.0 Å². The minimum atomic E-state index is 0.428. The Morgan fingerprint density at radius 3 is 2.50 bits per heavy atom. The molecule has 0 radical (unpaired) electrons. The van der Waals surface area contributed by atoms with Crippen LogP contribution in [0.2, 0.25) is 0 Å². The SMILES string of the molecule is CCCCCCCCC(N)CCCC1CCCO1. The van der Waals surface area contributed by atoms with Gasteiger partial charge in [-0.2, -0.15) is 0 Å². The molecule has 2 unspecified atom stereocenters. The molecule has 0 aromatic heterocycles. The molecule has 2 N–H and O–H groups in total. The number of rotatable bonds is 11. The smallest absolute Gasteiger partial charge is 0.0576 e. The van der Waals surface area contributed by atoms with E-state index in [9.17, 15) is 0 Å². The van der Waals surface area contributed by atoms with Crippen LogP contribution >= 0.6 is 0 Å². The van der Waals surface area contributed by atoms with E-state index in [1.54, 1.807) is 0 Å². The fraction of sp³-hybridized carbons (Fsp3) is 1.00. The van der Waals surface area contributed by atoms with Crippen LogP contribution in [0.4, 0.5) is 0 Å². The molecule has 0 amide bonds. The predicted molar refractivity (Wildman–Crippen MR) is 78.8 cm³/mol. The van der Waals surface area contributed by atoms with Crippen LogP contribution in [-0.2, 0) is 4.74 Å². The molecular weight excluding hydrogens is 222 g/mol. The first-order valence-corrected chi connectivity index (χ1v) is 8.20. The van der Waals surface area contributed by atoms with E-state index in [1.807, 2.05) is 0 Å². The van der Waals surface area contributed by atoms with Crippen LogP contribution in [-0.4, -0.2) is 18.8 Å². The lowest BCUT2D eigenvalue weighted by atomic mass is 10.0. The van der Waals surface area contributed by atoms with Gasteiger partial charge in [-0.3, -0.25) is 0 Å². The maximum atomic E-state index is 6.16. The second-order valence-corrected chi connectivity index (χ2v) is 5.88. The summed E-state index contributed by atoms with van der Waals surface area (Å²) in [6.45, 7) is 3.25. The van der Waals surface area contributed by atoms with E-state index in [0.29, 0.717) is 12.1 Å². The molecule has 1 fully saturated rings. The fourth-order valence-electron chi connectivity index (χ4n) is 2.81. The summed E-state index contributed by atoms with van der Waals surface area (Å²) in [6, 6.07) is 0.428. The molecule has 0 saturated carbocycles. The molecule has 1 rings (SSSR count). The molecule has 1 saturated heterocycles. The zero-order valence-corrected chi connectivity index (χ0v) is 12.3. The lowest BCUT2D eigenvalue weighted by Gasteiger charge is -2.13. The van der Waals surface area contributed by atoms with Crippen LogP contribution in [0.15, 0.2) is 0 Å². The van der Waals surface area contributed by atoms with Crippen molar-refractivity contribution in [3.05, 3.63) is 0 Å². The van der Waals surface area contributed by atoms with Gasteiger partial charge in [-0.1, -0.05) is 45.4 Å². The second kappa shape index (κ2) is 10.8. The van der Waals surface area contributed by atoms with Crippen molar-refractivity contribution < 1.29 is 4.74 Å². The van der Waals surface area contributed by atoms with Crippen molar-refractivity contribution in [2.24, 2.45) is 5.73 Å². The second-order valence-electron chi connectivity index (χ2n) is 5.88. The molecule has 1 heterocycles. The lowest BCUT2D eigenvalue weighted by Crippen LogP contribution is -2.20. The topological polar surface area (TPSA) is 35.2 Å². The summed E-state index contributed by atoms with van der Waals surface area (Å²) in [6.07, 6.45) is 16.2. The van der Waals surface area contributed by atoms with Crippen molar-refractivity contribution in [1.29, 1.82) is 0 Å². The van der Waals surface area contributed by atoms with Crippen molar-refractivity contribution in [2.45, 2.75) is 96.1 Å². The van der Waals surface area contributed by atoms with E-state index < -0.39 is 0 Å². The van der Waals surface area contributed by atoms with Crippen LogP contribution in [0.25, 0.3) is 0 Å². The summed E-state index contributed by atoms with van der Waals surface area (Å²) in [5.41, 5.74) is 6.16. The monoisotopic (exact) mass is 255 g/mol. The number of hydrogen-bond donors (Lipinski definition) is 1. The van der Waals surface area contributed by atoms with Crippen LogP contribution < -0.4 is 5.73 Å². The summed E-state index contributed by atoms with van der Waals surface area (Å²) in [5, 5.41) is 0. The van der Waals surface area contributed by atoms with Crippen molar-refractivity contribution in [1.82, 2.24) is 0 Å². The van der Waals surface area contributed by atoms with E-state index in [0.717, 1.165) is 6.61 Å². The maximum Gasteiger partial charge on any atom is 0.0576 e. The highest BCUT2D eigenvalue weighted by Gasteiger charge is 2.15. The van der Waals surface area contributed by atoms with Crippen molar-refractivity contribution in [2.75, 3.05) is 6.61 Å². The summed E-state index contributed by atoms with van der Waals surface area (Å²) in [7, 11) is 0. The van der Waals surface area contributed by atoms with E-state index in [2.05, 4.69) is 6.92 Å². The molecule has 1 aliphatic heterocycles. The van der Waals surface area contributed by atoms with E-state index in [4.69, 9.17) is 10.5 Å². The molecule has 0 spiro atoms. The molecule has 2 atom stereocenters. The molecule has 1 aliphatic rings. The van der Waals surface area contributed by atoms with Gasteiger partial charge in [-0.15, -0.1) is 0 Å². The Labute approximate surface area is 114 Å². The standard InChI is InChI=1S/C16H33NO/c1-2-3-4-5-6-7-10-15(17)11-8-12-16-13-9-14-18-16/h15-16H,2-14,17H2,1H3. The van der Waals surface area contributed by atoms with Crippen LogP contribution in [0.1, 0.15) is 84.0 Å². The van der Waals surface area contributed by atoms with Gasteiger partial charge in [0.2, 0.25) is 0 Å². The molecule has 0 bridgehead atoms. The Hall–Kier alpha value is -0.0800. The maximum absolute atomic E-state index is 6.16. The van der Waals surface area contributed by atoms with Gasteiger partial charge in [0.05, 0.1) is 6.10 Å². The van der Waals surface area contributed by atoms with Gasteiger partial charge in [0, 0.05) is 12.6 Å². The number of unbranched alkanes of at least 4 members (excludes halogenated alkanes) is 5. The molecule has 2 nitrogen and oxygen atoms in total. The Morgan fingerprint density at radius 2 is 1.78 bits per heavy atom. The Kier molecular flexibility index (Phi) is 9.59. The molecule has 108 valence electrons. The molecular formula is C16H33NO. The normalized spacial score (nSPS) is 21.3. The van der Waals surface area contributed by atoms with Crippen molar-refractivity contribution >= 4 is 0 Å². The average molecular weight is 255 g/mol. The van der Waals surface area contributed by atoms with Crippen molar-refractivity contribution in [3.8, 4) is 0 Å². The minimum absolute atomic E-state index is 0.428. The highest BCUT2D eigenvalue weighted by Crippen LogP contribution is 2.18. The lowest BCUT2D eigenvalue weighted by molar-refractivity contribution is 0.101. The first-order chi connectivity index (χ1) is 8.83. The molecule has 0 aromatic rings. The van der Waals surface area contributed by atoms with E-state index in [-0.39, 0.29) is 0 Å². The van der Waals surface area contributed by atoms with Gasteiger partial charge in [0.15, 0.2) is 0 Å². The van der Waals surface area contributed by atoms with Gasteiger partial charge in [-0.25, -0.2) is 0 Å². The predicted octanol–water partition coefficient (Wildman–Crippen LogP) is 4.41. The Morgan fingerprint density at radius 1 is 1.06 bits per heavy atom.